The van der Waals surface area contributed by atoms with Gasteiger partial charge in [0, 0.05) is 22.0 Å². The third kappa shape index (κ3) is 7.30. The summed E-state index contributed by atoms with van der Waals surface area (Å²) in [5.41, 5.74) is 1.97. The Labute approximate surface area is 203 Å². The Morgan fingerprint density at radius 1 is 0.909 bits per heavy atom. The van der Waals surface area contributed by atoms with Gasteiger partial charge in [0.25, 0.3) is 11.8 Å². The van der Waals surface area contributed by atoms with Crippen molar-refractivity contribution in [3.05, 3.63) is 88.9 Å². The van der Waals surface area contributed by atoms with E-state index in [4.69, 9.17) is 28.6 Å². The Morgan fingerprint density at radius 3 is 2.39 bits per heavy atom. The second-order valence-electron chi connectivity index (χ2n) is 7.15. The Balaban J connectivity index is 1.62. The molecule has 0 saturated heterocycles. The molecule has 0 radical (unpaired) electrons. The lowest BCUT2D eigenvalue weighted by Gasteiger charge is -2.13. The number of para-hydroxylation sites is 1. The fourth-order valence-electron chi connectivity index (χ4n) is 2.95. The van der Waals surface area contributed by atoms with Crippen molar-refractivity contribution in [2.75, 3.05) is 17.2 Å². The molecular formula is C25H24ClN3O3S. The van der Waals surface area contributed by atoms with E-state index in [2.05, 4.69) is 22.9 Å². The minimum atomic E-state index is -0.380. The smallest absolute Gasteiger partial charge is 0.261 e. The summed E-state index contributed by atoms with van der Waals surface area (Å²) in [6.45, 7) is 2.61. The lowest BCUT2D eigenvalue weighted by atomic mass is 10.1. The number of ether oxygens (including phenoxy) is 1. The number of anilines is 2. The molecule has 6 nitrogen and oxygen atoms in total. The fourth-order valence-corrected chi connectivity index (χ4v) is 3.35. The third-order valence-corrected chi connectivity index (χ3v) is 5.02. The molecule has 0 aliphatic heterocycles. The largest absolute Gasteiger partial charge is 0.493 e. The van der Waals surface area contributed by atoms with Gasteiger partial charge in [0.1, 0.15) is 5.75 Å². The maximum Gasteiger partial charge on any atom is 0.261 e. The van der Waals surface area contributed by atoms with E-state index in [9.17, 15) is 9.59 Å². The molecule has 3 aromatic rings. The molecule has 0 heterocycles. The molecule has 33 heavy (non-hydrogen) atoms. The zero-order chi connectivity index (χ0) is 23.6. The third-order valence-electron chi connectivity index (χ3n) is 4.58. The predicted octanol–water partition coefficient (Wildman–Crippen LogP) is 5.90. The molecular weight excluding hydrogens is 458 g/mol. The van der Waals surface area contributed by atoms with Gasteiger partial charge in [-0.25, -0.2) is 0 Å². The van der Waals surface area contributed by atoms with Gasteiger partial charge in [-0.1, -0.05) is 49.2 Å². The number of hydrogen-bond donors (Lipinski definition) is 3. The Kier molecular flexibility index (Phi) is 8.80. The SMILES string of the molecule is CCCCOc1ccccc1C(=O)NC(=S)Nc1cccc(C(=O)Nc2cccc(Cl)c2)c1. The number of carbonyl (C=O) groups excluding carboxylic acids is 2. The molecule has 0 aliphatic rings. The first-order chi connectivity index (χ1) is 16.0. The van der Waals surface area contributed by atoms with E-state index >= 15 is 0 Å². The van der Waals surface area contributed by atoms with Crippen molar-refractivity contribution in [3.63, 3.8) is 0 Å². The maximum absolute atomic E-state index is 12.7. The van der Waals surface area contributed by atoms with E-state index in [1.165, 1.54) is 0 Å². The molecule has 0 bridgehead atoms. The van der Waals surface area contributed by atoms with Gasteiger partial charge in [0.2, 0.25) is 0 Å². The molecule has 0 aliphatic carbocycles. The van der Waals surface area contributed by atoms with Crippen LogP contribution in [0, 0.1) is 0 Å². The topological polar surface area (TPSA) is 79.5 Å². The molecule has 0 spiro atoms. The van der Waals surface area contributed by atoms with Crippen LogP contribution in [0.5, 0.6) is 5.75 Å². The number of carbonyl (C=O) groups is 2. The number of halogens is 1. The van der Waals surface area contributed by atoms with Crippen LogP contribution in [0.2, 0.25) is 5.02 Å². The molecule has 2 amide bonds. The molecule has 0 atom stereocenters. The monoisotopic (exact) mass is 481 g/mol. The van der Waals surface area contributed by atoms with Crippen molar-refractivity contribution in [1.82, 2.24) is 5.32 Å². The summed E-state index contributed by atoms with van der Waals surface area (Å²) < 4.78 is 5.72. The highest BCUT2D eigenvalue weighted by atomic mass is 35.5. The molecule has 8 heteroatoms. The molecule has 0 aromatic heterocycles. The van der Waals surface area contributed by atoms with Gasteiger partial charge in [0.05, 0.1) is 12.2 Å². The molecule has 3 rings (SSSR count). The van der Waals surface area contributed by atoms with Crippen molar-refractivity contribution in [3.8, 4) is 5.75 Å². The molecule has 170 valence electrons. The quantitative estimate of drug-likeness (QED) is 0.276. The van der Waals surface area contributed by atoms with Crippen molar-refractivity contribution >= 4 is 52.1 Å². The first-order valence-electron chi connectivity index (χ1n) is 10.5. The second kappa shape index (κ2) is 12.0. The van der Waals surface area contributed by atoms with Crippen LogP contribution in [0.4, 0.5) is 11.4 Å². The number of hydrogen-bond acceptors (Lipinski definition) is 4. The van der Waals surface area contributed by atoms with Crippen LogP contribution in [0.3, 0.4) is 0 Å². The second-order valence-corrected chi connectivity index (χ2v) is 8.00. The first-order valence-corrected chi connectivity index (χ1v) is 11.3. The fraction of sp³-hybridized carbons (Fsp3) is 0.160. The van der Waals surface area contributed by atoms with Crippen LogP contribution < -0.4 is 20.7 Å². The van der Waals surface area contributed by atoms with E-state index in [0.29, 0.717) is 39.9 Å². The van der Waals surface area contributed by atoms with Crippen molar-refractivity contribution in [2.24, 2.45) is 0 Å². The van der Waals surface area contributed by atoms with E-state index in [-0.39, 0.29) is 16.9 Å². The number of nitrogens with one attached hydrogen (secondary N) is 3. The summed E-state index contributed by atoms with van der Waals surface area (Å²) in [5, 5.41) is 9.03. The van der Waals surface area contributed by atoms with Crippen LogP contribution in [0.15, 0.2) is 72.8 Å². The summed E-state index contributed by atoms with van der Waals surface area (Å²) in [5.74, 6) is -0.172. The lowest BCUT2D eigenvalue weighted by Crippen LogP contribution is -2.34. The highest BCUT2D eigenvalue weighted by molar-refractivity contribution is 7.80. The number of amides is 2. The average Bonchev–Trinajstić information content (AvgIpc) is 2.79. The van der Waals surface area contributed by atoms with Gasteiger partial charge < -0.3 is 15.4 Å². The number of benzene rings is 3. The Hall–Kier alpha value is -3.42. The summed E-state index contributed by atoms with van der Waals surface area (Å²) >= 11 is 11.3. The van der Waals surface area contributed by atoms with Crippen LogP contribution in [-0.4, -0.2) is 23.5 Å². The van der Waals surface area contributed by atoms with Crippen LogP contribution in [0.25, 0.3) is 0 Å². The molecule has 3 aromatic carbocycles. The van der Waals surface area contributed by atoms with E-state index < -0.39 is 0 Å². The Morgan fingerprint density at radius 2 is 1.64 bits per heavy atom. The van der Waals surface area contributed by atoms with E-state index in [1.54, 1.807) is 66.7 Å². The zero-order valence-corrected chi connectivity index (χ0v) is 19.6. The van der Waals surface area contributed by atoms with E-state index in [0.717, 1.165) is 12.8 Å². The highest BCUT2D eigenvalue weighted by Crippen LogP contribution is 2.19. The van der Waals surface area contributed by atoms with Gasteiger partial charge in [-0.2, -0.15) is 0 Å². The average molecular weight is 482 g/mol. The minimum Gasteiger partial charge on any atom is -0.493 e. The molecule has 0 unspecified atom stereocenters. The summed E-state index contributed by atoms with van der Waals surface area (Å²) in [6, 6.07) is 20.7. The van der Waals surface area contributed by atoms with Gasteiger partial charge in [-0.3, -0.25) is 14.9 Å². The van der Waals surface area contributed by atoms with Crippen LogP contribution in [0.1, 0.15) is 40.5 Å². The van der Waals surface area contributed by atoms with Crippen molar-refractivity contribution < 1.29 is 14.3 Å². The molecule has 0 fully saturated rings. The summed E-state index contributed by atoms with van der Waals surface area (Å²) in [4.78, 5) is 25.3. The standard InChI is InChI=1S/C25H24ClN3O3S/c1-2-3-14-32-22-13-5-4-12-21(22)24(31)29-25(33)28-19-10-6-8-17(15-19)23(30)27-20-11-7-9-18(26)16-20/h4-13,15-16H,2-3,14H2,1H3,(H,27,30)(H2,28,29,31,33). The summed E-state index contributed by atoms with van der Waals surface area (Å²) in [7, 11) is 0. The normalized spacial score (nSPS) is 10.2. The predicted molar refractivity (Wildman–Crippen MR) is 136 cm³/mol. The van der Waals surface area contributed by atoms with Gasteiger partial charge in [-0.15, -0.1) is 0 Å². The van der Waals surface area contributed by atoms with Crippen molar-refractivity contribution in [2.45, 2.75) is 19.8 Å². The highest BCUT2D eigenvalue weighted by Gasteiger charge is 2.14. The van der Waals surface area contributed by atoms with Crippen LogP contribution in [-0.2, 0) is 0 Å². The number of thiocarbonyl (C=S) groups is 1. The Bertz CT molecular complexity index is 1150. The van der Waals surface area contributed by atoms with E-state index in [1.807, 2.05) is 6.07 Å². The van der Waals surface area contributed by atoms with Crippen molar-refractivity contribution in [1.29, 1.82) is 0 Å². The minimum absolute atomic E-state index is 0.107. The maximum atomic E-state index is 12.7. The van der Waals surface area contributed by atoms with Crippen LogP contribution >= 0.6 is 23.8 Å². The lowest BCUT2D eigenvalue weighted by molar-refractivity contribution is 0.0972. The molecule has 3 N–H and O–H groups in total. The van der Waals surface area contributed by atoms with Gasteiger partial charge in [-0.05, 0) is 67.2 Å². The number of rotatable bonds is 8. The van der Waals surface area contributed by atoms with Gasteiger partial charge >= 0.3 is 0 Å². The first kappa shape index (κ1) is 24.2. The zero-order valence-electron chi connectivity index (χ0n) is 18.1. The number of unbranched alkanes of at least 4 members (excludes halogenated alkanes) is 1. The molecule has 0 saturated carbocycles. The van der Waals surface area contributed by atoms with Gasteiger partial charge in [0.15, 0.2) is 5.11 Å². The summed E-state index contributed by atoms with van der Waals surface area (Å²) in [6.07, 6.45) is 1.90.